The summed E-state index contributed by atoms with van der Waals surface area (Å²) in [5, 5.41) is 0.748. The van der Waals surface area contributed by atoms with Gasteiger partial charge < -0.3 is 15.5 Å². The molecule has 8 heteroatoms. The second kappa shape index (κ2) is 7.39. The number of thiophene rings is 1. The molecule has 0 spiro atoms. The normalized spacial score (nSPS) is 12.0. The van der Waals surface area contributed by atoms with E-state index in [1.54, 1.807) is 17.4 Å². The molecule has 25 heavy (non-hydrogen) atoms. The van der Waals surface area contributed by atoms with Crippen LogP contribution in [0.15, 0.2) is 34.1 Å². The van der Waals surface area contributed by atoms with Crippen molar-refractivity contribution in [3.8, 4) is 16.3 Å². The smallest absolute Gasteiger partial charge is 0.406 e. The first-order valence-corrected chi connectivity index (χ1v) is 9.34. The Balaban J connectivity index is 2.06. The predicted octanol–water partition coefficient (Wildman–Crippen LogP) is 5.84. The van der Waals surface area contributed by atoms with E-state index < -0.39 is 6.36 Å². The summed E-state index contributed by atoms with van der Waals surface area (Å²) in [7, 11) is 0. The third kappa shape index (κ3) is 4.37. The molecule has 0 bridgehead atoms. The van der Waals surface area contributed by atoms with Gasteiger partial charge in [-0.15, -0.1) is 24.5 Å². The molecule has 1 aromatic carbocycles. The Bertz CT molecular complexity index is 873. The lowest BCUT2D eigenvalue weighted by Crippen LogP contribution is -2.16. The van der Waals surface area contributed by atoms with Gasteiger partial charge in [0.05, 0.1) is 14.4 Å². The zero-order valence-corrected chi connectivity index (χ0v) is 15.5. The maximum Gasteiger partial charge on any atom is 0.573 e. The van der Waals surface area contributed by atoms with Crippen molar-refractivity contribution in [3.05, 3.63) is 39.7 Å². The van der Waals surface area contributed by atoms with Crippen LogP contribution in [0.5, 0.6) is 5.75 Å². The summed E-state index contributed by atoms with van der Waals surface area (Å²) in [6.45, 7) is 0.588. The molecule has 0 atom stereocenters. The van der Waals surface area contributed by atoms with Crippen molar-refractivity contribution in [2.45, 2.75) is 25.6 Å². The van der Waals surface area contributed by atoms with E-state index >= 15 is 0 Å². The van der Waals surface area contributed by atoms with Crippen LogP contribution in [0, 0.1) is 0 Å². The van der Waals surface area contributed by atoms with E-state index in [0.29, 0.717) is 6.54 Å². The van der Waals surface area contributed by atoms with Crippen molar-refractivity contribution in [1.82, 2.24) is 4.98 Å². The molecule has 0 aliphatic heterocycles. The Kier molecular flexibility index (Phi) is 5.41. The molecule has 3 N–H and O–H groups in total. The van der Waals surface area contributed by atoms with Crippen LogP contribution in [0.2, 0.25) is 0 Å². The van der Waals surface area contributed by atoms with Gasteiger partial charge in [0.2, 0.25) is 0 Å². The molecule has 0 amide bonds. The monoisotopic (exact) mass is 432 g/mol. The second-order valence-corrected chi connectivity index (χ2v) is 8.05. The zero-order valence-electron chi connectivity index (χ0n) is 13.1. The van der Waals surface area contributed by atoms with Crippen molar-refractivity contribution < 1.29 is 17.9 Å². The molecule has 0 unspecified atom stereocenters. The number of benzene rings is 1. The van der Waals surface area contributed by atoms with Gasteiger partial charge >= 0.3 is 6.36 Å². The number of nitrogens with two attached hydrogens (primary N) is 1. The van der Waals surface area contributed by atoms with Gasteiger partial charge in [-0.2, -0.15) is 0 Å². The minimum atomic E-state index is -4.70. The van der Waals surface area contributed by atoms with Gasteiger partial charge in [-0.3, -0.25) is 0 Å². The van der Waals surface area contributed by atoms with Gasteiger partial charge in [0.25, 0.3) is 0 Å². The van der Waals surface area contributed by atoms with Crippen molar-refractivity contribution in [3.63, 3.8) is 0 Å². The Morgan fingerprint density at radius 1 is 1.16 bits per heavy atom. The third-order valence-electron chi connectivity index (χ3n) is 3.81. The average molecular weight is 433 g/mol. The molecular formula is C17H16BrF3N2OS. The van der Waals surface area contributed by atoms with Crippen LogP contribution >= 0.6 is 27.3 Å². The van der Waals surface area contributed by atoms with Crippen LogP contribution in [0.4, 0.5) is 13.2 Å². The molecule has 3 rings (SSSR count). The number of hydrogen-bond donors (Lipinski definition) is 2. The van der Waals surface area contributed by atoms with E-state index in [-0.39, 0.29) is 5.75 Å². The third-order valence-corrected chi connectivity index (χ3v) is 5.45. The lowest BCUT2D eigenvalue weighted by molar-refractivity contribution is -0.274. The summed E-state index contributed by atoms with van der Waals surface area (Å²) in [5.41, 5.74) is 8.29. The molecule has 0 fully saturated rings. The number of halogens is 4. The number of aryl methyl sites for hydroxylation is 1. The number of aromatic amines is 1. The Hall–Kier alpha value is -1.51. The van der Waals surface area contributed by atoms with Gasteiger partial charge in [0.15, 0.2) is 0 Å². The van der Waals surface area contributed by atoms with E-state index in [2.05, 4.69) is 25.7 Å². The van der Waals surface area contributed by atoms with Crippen LogP contribution in [-0.2, 0) is 6.42 Å². The lowest BCUT2D eigenvalue weighted by atomic mass is 10.0. The molecule has 0 saturated carbocycles. The van der Waals surface area contributed by atoms with Gasteiger partial charge in [-0.05, 0) is 77.6 Å². The van der Waals surface area contributed by atoms with E-state index in [9.17, 15) is 13.2 Å². The summed E-state index contributed by atoms with van der Waals surface area (Å²) in [6.07, 6.45) is -2.24. The molecule has 134 valence electrons. The first-order chi connectivity index (χ1) is 11.9. The summed E-state index contributed by atoms with van der Waals surface area (Å²) in [4.78, 5) is 4.36. The maximum atomic E-state index is 12.5. The highest BCUT2D eigenvalue weighted by molar-refractivity contribution is 9.11. The fraction of sp³-hybridized carbons (Fsp3) is 0.294. The van der Waals surface area contributed by atoms with Gasteiger partial charge in [0.1, 0.15) is 5.75 Å². The van der Waals surface area contributed by atoms with Crippen LogP contribution in [-0.4, -0.2) is 17.9 Å². The number of rotatable bonds is 6. The number of nitrogens with one attached hydrogen (secondary N) is 1. The Morgan fingerprint density at radius 3 is 2.60 bits per heavy atom. The number of fused-ring (bicyclic) bond motifs is 1. The van der Waals surface area contributed by atoms with Crippen molar-refractivity contribution in [1.29, 1.82) is 0 Å². The SMILES string of the molecule is NCCCCc1c(-c2ccc(Br)s2)[nH]c2ccc(OC(F)(F)F)cc12. The standard InChI is InChI=1S/C17H16BrF3N2OS/c18-15-7-6-14(25-15)16-11(3-1-2-8-22)12-9-10(24-17(19,20)21)4-5-13(12)23-16/h4-7,9,23H,1-3,8,22H2. The van der Waals surface area contributed by atoms with Crippen LogP contribution < -0.4 is 10.5 Å². The molecule has 0 saturated heterocycles. The first kappa shape index (κ1) is 18.3. The average Bonchev–Trinajstić information content (AvgIpc) is 3.10. The van der Waals surface area contributed by atoms with Gasteiger partial charge in [-0.1, -0.05) is 0 Å². The Labute approximate surface area is 155 Å². The minimum Gasteiger partial charge on any atom is -0.406 e. The van der Waals surface area contributed by atoms with Crippen molar-refractivity contribution >= 4 is 38.2 Å². The molecule has 2 aromatic heterocycles. The highest BCUT2D eigenvalue weighted by Crippen LogP contribution is 2.38. The number of alkyl halides is 3. The topological polar surface area (TPSA) is 51.0 Å². The molecule has 3 aromatic rings. The molecule has 2 heterocycles. The van der Waals surface area contributed by atoms with Gasteiger partial charge in [0, 0.05) is 10.9 Å². The lowest BCUT2D eigenvalue weighted by Gasteiger charge is -2.09. The number of ether oxygens (including phenoxy) is 1. The van der Waals surface area contributed by atoms with Crippen LogP contribution in [0.1, 0.15) is 18.4 Å². The first-order valence-electron chi connectivity index (χ1n) is 7.73. The van der Waals surface area contributed by atoms with Crippen molar-refractivity contribution in [2.24, 2.45) is 5.73 Å². The summed E-state index contributed by atoms with van der Waals surface area (Å²) < 4.78 is 42.6. The van der Waals surface area contributed by atoms with Crippen LogP contribution in [0.25, 0.3) is 21.5 Å². The second-order valence-electron chi connectivity index (χ2n) is 5.58. The molecule has 0 radical (unpaired) electrons. The van der Waals surface area contributed by atoms with Crippen LogP contribution in [0.3, 0.4) is 0 Å². The highest BCUT2D eigenvalue weighted by Gasteiger charge is 2.31. The summed E-state index contributed by atoms with van der Waals surface area (Å²) in [5.74, 6) is -0.210. The van der Waals surface area contributed by atoms with E-state index in [0.717, 1.165) is 50.1 Å². The fourth-order valence-electron chi connectivity index (χ4n) is 2.79. The van der Waals surface area contributed by atoms with E-state index in [4.69, 9.17) is 5.73 Å². The van der Waals surface area contributed by atoms with E-state index in [1.807, 2.05) is 12.1 Å². The molecular weight excluding hydrogens is 417 g/mol. The van der Waals surface area contributed by atoms with Gasteiger partial charge in [-0.25, -0.2) is 0 Å². The fourth-order valence-corrected chi connectivity index (χ4v) is 4.20. The quantitative estimate of drug-likeness (QED) is 0.480. The predicted molar refractivity (Wildman–Crippen MR) is 98.0 cm³/mol. The zero-order chi connectivity index (χ0) is 18.0. The molecule has 3 nitrogen and oxygen atoms in total. The number of hydrogen-bond acceptors (Lipinski definition) is 3. The maximum absolute atomic E-state index is 12.5. The summed E-state index contributed by atoms with van der Waals surface area (Å²) in [6, 6.07) is 8.33. The van der Waals surface area contributed by atoms with Crippen molar-refractivity contribution in [2.75, 3.05) is 6.54 Å². The summed E-state index contributed by atoms with van der Waals surface area (Å²) >= 11 is 5.02. The number of unbranched alkanes of at least 4 members (excludes halogenated alkanes) is 1. The molecule has 0 aliphatic rings. The number of H-pyrrole nitrogens is 1. The number of aromatic nitrogens is 1. The molecule has 0 aliphatic carbocycles. The van der Waals surface area contributed by atoms with E-state index in [1.165, 1.54) is 12.1 Å². The highest BCUT2D eigenvalue weighted by atomic mass is 79.9. The largest absolute Gasteiger partial charge is 0.573 e. The minimum absolute atomic E-state index is 0.210. The Morgan fingerprint density at radius 2 is 1.96 bits per heavy atom.